The molecule has 33 heavy (non-hydrogen) atoms. The summed E-state index contributed by atoms with van der Waals surface area (Å²) < 4.78 is 0. The number of aryl methyl sites for hydroxylation is 2. The molecule has 0 aliphatic heterocycles. The van der Waals surface area contributed by atoms with Crippen LogP contribution >= 0.6 is 22.9 Å². The SMILES string of the molecule is Cc1ccc(-c2csc(/C(C#N)=C/Nc3ccc(Cl)cc3C(=O)c3ccccc3)n2)cc1C. The normalized spacial score (nSPS) is 11.2. The Morgan fingerprint density at radius 2 is 1.85 bits per heavy atom. The van der Waals surface area contributed by atoms with Gasteiger partial charge in [0.25, 0.3) is 0 Å². The molecule has 3 aromatic carbocycles. The van der Waals surface area contributed by atoms with Gasteiger partial charge < -0.3 is 5.32 Å². The number of anilines is 1. The first-order chi connectivity index (χ1) is 16.0. The van der Waals surface area contributed by atoms with Crippen molar-refractivity contribution in [1.29, 1.82) is 5.26 Å². The third-order valence-corrected chi connectivity index (χ3v) is 6.40. The fraction of sp³-hybridized carbons (Fsp3) is 0.0741. The summed E-state index contributed by atoms with van der Waals surface area (Å²) in [6.45, 7) is 4.14. The zero-order valence-corrected chi connectivity index (χ0v) is 19.7. The highest BCUT2D eigenvalue weighted by molar-refractivity contribution is 7.11. The van der Waals surface area contributed by atoms with E-state index in [2.05, 4.69) is 42.4 Å². The number of allylic oxidation sites excluding steroid dienone is 1. The number of hydrogen-bond donors (Lipinski definition) is 1. The van der Waals surface area contributed by atoms with Gasteiger partial charge in [-0.05, 0) is 49.2 Å². The third kappa shape index (κ3) is 5.04. The molecule has 0 radical (unpaired) electrons. The summed E-state index contributed by atoms with van der Waals surface area (Å²) in [6.07, 6.45) is 1.58. The summed E-state index contributed by atoms with van der Waals surface area (Å²) >= 11 is 7.56. The molecule has 0 spiro atoms. The predicted octanol–water partition coefficient (Wildman–Crippen LogP) is 7.29. The average Bonchev–Trinajstić information content (AvgIpc) is 3.32. The molecule has 4 aromatic rings. The molecule has 0 unspecified atom stereocenters. The van der Waals surface area contributed by atoms with Crippen LogP contribution in [0.15, 0.2) is 78.3 Å². The Kier molecular flexibility index (Phi) is 6.69. The van der Waals surface area contributed by atoms with Crippen molar-refractivity contribution in [1.82, 2.24) is 4.98 Å². The first-order valence-electron chi connectivity index (χ1n) is 10.3. The molecule has 0 amide bonds. The number of nitrogens with zero attached hydrogens (tertiary/aromatic N) is 2. The van der Waals surface area contributed by atoms with E-state index in [9.17, 15) is 10.1 Å². The second-order valence-electron chi connectivity index (χ2n) is 7.54. The standard InChI is InChI=1S/C27H20ClN3OS/c1-17-8-9-20(12-18(17)2)25-16-33-27(31-25)21(14-29)15-30-24-11-10-22(28)13-23(24)26(32)19-6-4-3-5-7-19/h3-13,15-16,30H,1-2H3/b21-15+. The molecule has 4 nitrogen and oxygen atoms in total. The predicted molar refractivity (Wildman–Crippen MR) is 136 cm³/mol. The minimum Gasteiger partial charge on any atom is -0.360 e. The first-order valence-corrected chi connectivity index (χ1v) is 11.5. The Bertz CT molecular complexity index is 1400. The lowest BCUT2D eigenvalue weighted by molar-refractivity contribution is 0.103. The van der Waals surface area contributed by atoms with Crippen molar-refractivity contribution in [3.05, 3.63) is 111 Å². The zero-order chi connectivity index (χ0) is 23.4. The molecule has 1 heterocycles. The number of nitrogens with one attached hydrogen (secondary N) is 1. The van der Waals surface area contributed by atoms with E-state index in [4.69, 9.17) is 11.6 Å². The van der Waals surface area contributed by atoms with Crippen molar-refractivity contribution in [2.24, 2.45) is 0 Å². The van der Waals surface area contributed by atoms with Crippen LogP contribution in [-0.2, 0) is 0 Å². The van der Waals surface area contributed by atoms with Crippen LogP contribution in [0.4, 0.5) is 5.69 Å². The van der Waals surface area contributed by atoms with Crippen molar-refractivity contribution in [3.8, 4) is 17.3 Å². The number of nitriles is 1. The molecule has 1 N–H and O–H groups in total. The molecular formula is C27H20ClN3OS. The van der Waals surface area contributed by atoms with Crippen molar-refractivity contribution in [3.63, 3.8) is 0 Å². The van der Waals surface area contributed by atoms with Gasteiger partial charge in [-0.2, -0.15) is 5.26 Å². The van der Waals surface area contributed by atoms with Gasteiger partial charge in [-0.1, -0.05) is 54.1 Å². The number of ketones is 1. The van der Waals surface area contributed by atoms with E-state index in [1.807, 2.05) is 29.6 Å². The van der Waals surface area contributed by atoms with Crippen molar-refractivity contribution < 1.29 is 4.79 Å². The smallest absolute Gasteiger partial charge is 0.195 e. The monoisotopic (exact) mass is 469 g/mol. The van der Waals surface area contributed by atoms with Gasteiger partial charge in [-0.3, -0.25) is 4.79 Å². The van der Waals surface area contributed by atoms with Crippen LogP contribution in [0.1, 0.15) is 32.1 Å². The van der Waals surface area contributed by atoms with Gasteiger partial charge in [-0.15, -0.1) is 11.3 Å². The fourth-order valence-corrected chi connectivity index (χ4v) is 4.26. The quantitative estimate of drug-likeness (QED) is 0.238. The number of thiazole rings is 1. The summed E-state index contributed by atoms with van der Waals surface area (Å²) in [4.78, 5) is 17.7. The summed E-state index contributed by atoms with van der Waals surface area (Å²) in [5, 5.41) is 15.8. The van der Waals surface area contributed by atoms with Gasteiger partial charge in [0.15, 0.2) is 5.78 Å². The highest BCUT2D eigenvalue weighted by atomic mass is 35.5. The lowest BCUT2D eigenvalue weighted by Gasteiger charge is -2.10. The van der Waals surface area contributed by atoms with E-state index in [0.717, 1.165) is 11.3 Å². The topological polar surface area (TPSA) is 65.8 Å². The lowest BCUT2D eigenvalue weighted by Crippen LogP contribution is -2.05. The number of benzene rings is 3. The van der Waals surface area contributed by atoms with E-state index >= 15 is 0 Å². The molecule has 0 aliphatic rings. The van der Waals surface area contributed by atoms with E-state index in [1.165, 1.54) is 22.5 Å². The molecule has 0 bridgehead atoms. The highest BCUT2D eigenvalue weighted by Gasteiger charge is 2.15. The minimum atomic E-state index is -0.154. The summed E-state index contributed by atoms with van der Waals surface area (Å²) in [7, 11) is 0. The second kappa shape index (κ2) is 9.83. The van der Waals surface area contributed by atoms with Gasteiger partial charge in [-0.25, -0.2) is 4.98 Å². The van der Waals surface area contributed by atoms with E-state index in [-0.39, 0.29) is 5.78 Å². The largest absolute Gasteiger partial charge is 0.360 e. The Morgan fingerprint density at radius 1 is 1.06 bits per heavy atom. The van der Waals surface area contributed by atoms with Crippen LogP contribution < -0.4 is 5.32 Å². The van der Waals surface area contributed by atoms with E-state index in [0.29, 0.717) is 32.4 Å². The molecule has 0 saturated carbocycles. The molecule has 0 fully saturated rings. The van der Waals surface area contributed by atoms with Crippen LogP contribution in [0.5, 0.6) is 0 Å². The Balaban J connectivity index is 1.62. The molecule has 1 aromatic heterocycles. The minimum absolute atomic E-state index is 0.154. The number of carbonyl (C=O) groups excluding carboxylic acids is 1. The van der Waals surface area contributed by atoms with Crippen LogP contribution in [0.2, 0.25) is 5.02 Å². The summed E-state index contributed by atoms with van der Waals surface area (Å²) in [5.74, 6) is -0.154. The van der Waals surface area contributed by atoms with Crippen molar-refractivity contribution in [2.75, 3.05) is 5.32 Å². The van der Waals surface area contributed by atoms with E-state index in [1.54, 1.807) is 36.5 Å². The average molecular weight is 470 g/mol. The molecule has 162 valence electrons. The fourth-order valence-electron chi connectivity index (χ4n) is 3.30. The zero-order valence-electron chi connectivity index (χ0n) is 18.1. The summed E-state index contributed by atoms with van der Waals surface area (Å²) in [6, 6.07) is 22.4. The molecule has 0 atom stereocenters. The highest BCUT2D eigenvalue weighted by Crippen LogP contribution is 2.28. The first kappa shape index (κ1) is 22.5. The summed E-state index contributed by atoms with van der Waals surface area (Å²) in [5.41, 5.74) is 6.18. The van der Waals surface area contributed by atoms with Crippen LogP contribution in [0, 0.1) is 25.2 Å². The van der Waals surface area contributed by atoms with Crippen LogP contribution in [0.3, 0.4) is 0 Å². The number of rotatable bonds is 6. The number of carbonyl (C=O) groups is 1. The van der Waals surface area contributed by atoms with Gasteiger partial charge >= 0.3 is 0 Å². The maximum Gasteiger partial charge on any atom is 0.195 e. The second-order valence-corrected chi connectivity index (χ2v) is 8.83. The number of halogens is 1. The van der Waals surface area contributed by atoms with Gasteiger partial charge in [0.2, 0.25) is 0 Å². The molecule has 6 heteroatoms. The molecular weight excluding hydrogens is 450 g/mol. The van der Waals surface area contributed by atoms with Crippen LogP contribution in [0.25, 0.3) is 16.8 Å². The maximum atomic E-state index is 13.0. The molecule has 4 rings (SSSR count). The Labute approximate surface area is 201 Å². The van der Waals surface area contributed by atoms with E-state index < -0.39 is 0 Å². The van der Waals surface area contributed by atoms with Gasteiger partial charge in [0, 0.05) is 39.0 Å². The maximum absolute atomic E-state index is 13.0. The number of hydrogen-bond acceptors (Lipinski definition) is 5. The third-order valence-electron chi connectivity index (χ3n) is 5.29. The molecule has 0 saturated heterocycles. The lowest BCUT2D eigenvalue weighted by atomic mass is 10.0. The van der Waals surface area contributed by atoms with Gasteiger partial charge in [0.1, 0.15) is 16.6 Å². The Hall–Kier alpha value is -3.72. The molecule has 0 aliphatic carbocycles. The van der Waals surface area contributed by atoms with Gasteiger partial charge in [0.05, 0.1) is 5.69 Å². The van der Waals surface area contributed by atoms with Crippen molar-refractivity contribution in [2.45, 2.75) is 13.8 Å². The number of aromatic nitrogens is 1. The Morgan fingerprint density at radius 3 is 2.58 bits per heavy atom. The van der Waals surface area contributed by atoms with Crippen molar-refractivity contribution >= 4 is 40.0 Å². The van der Waals surface area contributed by atoms with Crippen LogP contribution in [-0.4, -0.2) is 10.8 Å².